The lowest BCUT2D eigenvalue weighted by Gasteiger charge is -2.22. The molecule has 9 nitrogen and oxygen atoms in total. The predicted octanol–water partition coefficient (Wildman–Crippen LogP) is 4.09. The standard InChI is InChI=1S/C27H22N4O5S/c1-34-19-7-4-17(5-8-19)22-14-21(25-3-2-12-37-25)29-31(22)27(33)15-30-26(32)11-9-20(28-30)18-6-10-23-24(13-18)36-16-35-23/h2-13,22H,14-16H2,1H3. The number of nitrogens with zero attached hydrogens (tertiary/aromatic N) is 4. The molecule has 6 rings (SSSR count). The van der Waals surface area contributed by atoms with Gasteiger partial charge in [0.15, 0.2) is 11.5 Å². The van der Waals surface area contributed by atoms with Crippen molar-refractivity contribution in [3.8, 4) is 28.5 Å². The molecule has 4 aromatic rings. The Balaban J connectivity index is 1.30. The zero-order valence-electron chi connectivity index (χ0n) is 19.9. The Morgan fingerprint density at radius 2 is 1.92 bits per heavy atom. The average molecular weight is 515 g/mol. The second kappa shape index (κ2) is 9.55. The molecular weight excluding hydrogens is 492 g/mol. The first-order chi connectivity index (χ1) is 18.1. The monoisotopic (exact) mass is 514 g/mol. The maximum atomic E-state index is 13.6. The number of carbonyl (C=O) groups excluding carboxylic acids is 1. The number of rotatable bonds is 6. The number of ether oxygens (including phenoxy) is 3. The van der Waals surface area contributed by atoms with E-state index in [-0.39, 0.29) is 30.8 Å². The molecule has 0 radical (unpaired) electrons. The molecule has 0 spiro atoms. The zero-order valence-corrected chi connectivity index (χ0v) is 20.7. The third-order valence-electron chi connectivity index (χ3n) is 6.29. The molecule has 0 fully saturated rings. The van der Waals surface area contributed by atoms with Crippen LogP contribution in [0.25, 0.3) is 11.3 Å². The van der Waals surface area contributed by atoms with Gasteiger partial charge in [-0.3, -0.25) is 9.59 Å². The van der Waals surface area contributed by atoms with E-state index < -0.39 is 0 Å². The lowest BCUT2D eigenvalue weighted by atomic mass is 10.0. The fourth-order valence-corrected chi connectivity index (χ4v) is 5.11. The maximum Gasteiger partial charge on any atom is 0.267 e. The Bertz CT molecular complexity index is 1550. The Labute approximate surface area is 216 Å². The van der Waals surface area contributed by atoms with Crippen molar-refractivity contribution in [3.05, 3.63) is 92.9 Å². The van der Waals surface area contributed by atoms with Crippen LogP contribution in [-0.4, -0.2) is 40.3 Å². The molecule has 2 aliphatic heterocycles. The van der Waals surface area contributed by atoms with Crippen LogP contribution >= 0.6 is 11.3 Å². The summed E-state index contributed by atoms with van der Waals surface area (Å²) in [6.45, 7) is -0.0789. The molecule has 2 aromatic heterocycles. The van der Waals surface area contributed by atoms with Gasteiger partial charge in [-0.15, -0.1) is 11.3 Å². The van der Waals surface area contributed by atoms with Crippen LogP contribution in [0.3, 0.4) is 0 Å². The first-order valence-electron chi connectivity index (χ1n) is 11.6. The fourth-order valence-electron chi connectivity index (χ4n) is 4.39. The second-order valence-electron chi connectivity index (χ2n) is 8.54. The van der Waals surface area contributed by atoms with Crippen LogP contribution in [0.4, 0.5) is 0 Å². The average Bonchev–Trinajstić information content (AvgIpc) is 3.70. The number of hydrogen-bond donors (Lipinski definition) is 0. The van der Waals surface area contributed by atoms with Crippen LogP contribution in [-0.2, 0) is 11.3 Å². The molecule has 10 heteroatoms. The Morgan fingerprint density at radius 1 is 1.08 bits per heavy atom. The molecular formula is C27H22N4O5S. The summed E-state index contributed by atoms with van der Waals surface area (Å²) in [4.78, 5) is 27.2. The molecule has 2 aliphatic rings. The van der Waals surface area contributed by atoms with Crippen LogP contribution in [0.2, 0.25) is 0 Å². The molecule has 2 aromatic carbocycles. The third-order valence-corrected chi connectivity index (χ3v) is 7.21. The molecule has 0 N–H and O–H groups in total. The molecule has 0 aliphatic carbocycles. The van der Waals surface area contributed by atoms with Crippen LogP contribution in [0, 0.1) is 0 Å². The summed E-state index contributed by atoms with van der Waals surface area (Å²) >= 11 is 1.58. The quantitative estimate of drug-likeness (QED) is 0.385. The highest BCUT2D eigenvalue weighted by Crippen LogP contribution is 2.36. The normalized spacial score (nSPS) is 16.1. The van der Waals surface area contributed by atoms with E-state index in [1.165, 1.54) is 15.8 Å². The highest BCUT2D eigenvalue weighted by Gasteiger charge is 2.33. The lowest BCUT2D eigenvalue weighted by Crippen LogP contribution is -2.34. The number of hydrazone groups is 1. The number of fused-ring (bicyclic) bond motifs is 1. The summed E-state index contributed by atoms with van der Waals surface area (Å²) in [6, 6.07) is 19.7. The maximum absolute atomic E-state index is 13.6. The van der Waals surface area contributed by atoms with E-state index in [2.05, 4.69) is 10.2 Å². The number of methoxy groups -OCH3 is 1. The van der Waals surface area contributed by atoms with Gasteiger partial charge in [0, 0.05) is 18.1 Å². The zero-order chi connectivity index (χ0) is 25.4. The van der Waals surface area contributed by atoms with Crippen molar-refractivity contribution in [1.82, 2.24) is 14.8 Å². The number of carbonyl (C=O) groups is 1. The molecule has 4 heterocycles. The van der Waals surface area contributed by atoms with Crippen LogP contribution in [0.15, 0.2) is 82.0 Å². The van der Waals surface area contributed by atoms with E-state index >= 15 is 0 Å². The van der Waals surface area contributed by atoms with Gasteiger partial charge >= 0.3 is 0 Å². The van der Waals surface area contributed by atoms with E-state index in [9.17, 15) is 9.59 Å². The summed E-state index contributed by atoms with van der Waals surface area (Å²) < 4.78 is 17.3. The van der Waals surface area contributed by atoms with Crippen LogP contribution < -0.4 is 19.8 Å². The topological polar surface area (TPSA) is 95.2 Å². The van der Waals surface area contributed by atoms with Gasteiger partial charge in [0.05, 0.1) is 29.4 Å². The number of benzene rings is 2. The second-order valence-corrected chi connectivity index (χ2v) is 9.49. The van der Waals surface area contributed by atoms with Gasteiger partial charge in [-0.25, -0.2) is 9.69 Å². The minimum Gasteiger partial charge on any atom is -0.497 e. The van der Waals surface area contributed by atoms with Gasteiger partial charge in [0.1, 0.15) is 12.3 Å². The van der Waals surface area contributed by atoms with Gasteiger partial charge in [0.25, 0.3) is 11.5 Å². The largest absolute Gasteiger partial charge is 0.497 e. The SMILES string of the molecule is COc1ccc(C2CC(c3cccs3)=NN2C(=O)Cn2nc(-c3ccc4c(c3)OCO4)ccc2=O)cc1. The van der Waals surface area contributed by atoms with Gasteiger partial charge in [-0.05, 0) is 53.4 Å². The molecule has 1 amide bonds. The van der Waals surface area contributed by atoms with Gasteiger partial charge in [0.2, 0.25) is 6.79 Å². The molecule has 0 bridgehead atoms. The summed E-state index contributed by atoms with van der Waals surface area (Å²) in [5.74, 6) is 1.67. The first-order valence-corrected chi connectivity index (χ1v) is 12.5. The van der Waals surface area contributed by atoms with Crippen molar-refractivity contribution in [1.29, 1.82) is 0 Å². The van der Waals surface area contributed by atoms with E-state index in [0.29, 0.717) is 23.6 Å². The third kappa shape index (κ3) is 4.47. The van der Waals surface area contributed by atoms with Crippen LogP contribution in [0.5, 0.6) is 17.2 Å². The summed E-state index contributed by atoms with van der Waals surface area (Å²) in [5, 5.41) is 12.6. The molecule has 0 saturated heterocycles. The Kier molecular flexibility index (Phi) is 5.93. The lowest BCUT2D eigenvalue weighted by molar-refractivity contribution is -0.133. The van der Waals surface area contributed by atoms with Crippen molar-refractivity contribution in [2.75, 3.05) is 13.9 Å². The van der Waals surface area contributed by atoms with Crippen molar-refractivity contribution < 1.29 is 19.0 Å². The fraction of sp³-hybridized carbons (Fsp3) is 0.185. The molecule has 0 saturated carbocycles. The number of hydrogen-bond acceptors (Lipinski definition) is 8. The summed E-state index contributed by atoms with van der Waals surface area (Å²) in [5.41, 5.74) is 2.68. The molecule has 37 heavy (non-hydrogen) atoms. The minimum atomic E-state index is -0.375. The van der Waals surface area contributed by atoms with E-state index in [0.717, 1.165) is 27.5 Å². The smallest absolute Gasteiger partial charge is 0.267 e. The molecule has 1 atom stereocenters. The van der Waals surface area contributed by atoms with Crippen molar-refractivity contribution in [2.24, 2.45) is 5.10 Å². The first kappa shape index (κ1) is 23.0. The van der Waals surface area contributed by atoms with Gasteiger partial charge in [-0.1, -0.05) is 18.2 Å². The molecule has 1 unspecified atom stereocenters. The van der Waals surface area contributed by atoms with E-state index in [1.807, 2.05) is 47.8 Å². The number of thiophene rings is 1. The van der Waals surface area contributed by atoms with Crippen molar-refractivity contribution >= 4 is 23.0 Å². The Morgan fingerprint density at radius 3 is 2.70 bits per heavy atom. The van der Waals surface area contributed by atoms with Gasteiger partial charge < -0.3 is 14.2 Å². The van der Waals surface area contributed by atoms with E-state index in [1.54, 1.807) is 36.6 Å². The van der Waals surface area contributed by atoms with Crippen molar-refractivity contribution in [2.45, 2.75) is 19.0 Å². The minimum absolute atomic E-state index is 0.166. The highest BCUT2D eigenvalue weighted by atomic mass is 32.1. The van der Waals surface area contributed by atoms with E-state index in [4.69, 9.17) is 14.2 Å². The number of aromatic nitrogens is 2. The highest BCUT2D eigenvalue weighted by molar-refractivity contribution is 7.12. The summed E-state index contributed by atoms with van der Waals surface area (Å²) in [6.07, 6.45) is 0.568. The van der Waals surface area contributed by atoms with Crippen LogP contribution in [0.1, 0.15) is 22.9 Å². The predicted molar refractivity (Wildman–Crippen MR) is 138 cm³/mol. The molecule has 186 valence electrons. The van der Waals surface area contributed by atoms with Gasteiger partial charge in [-0.2, -0.15) is 10.2 Å². The summed E-state index contributed by atoms with van der Waals surface area (Å²) in [7, 11) is 1.61. The number of amides is 1. The van der Waals surface area contributed by atoms with Crippen molar-refractivity contribution in [3.63, 3.8) is 0 Å². The Hall–Kier alpha value is -4.44.